The van der Waals surface area contributed by atoms with E-state index in [2.05, 4.69) is 11.9 Å². The number of piperidine rings is 1. The number of hydrogen-bond donors (Lipinski definition) is 3. The van der Waals surface area contributed by atoms with Gasteiger partial charge < -0.3 is 15.5 Å². The average Bonchev–Trinajstić information content (AvgIpc) is 3.01. The number of carbonyl (C=O) groups excluding carboxylic acids is 1. The van der Waals surface area contributed by atoms with E-state index in [1.807, 2.05) is 13.0 Å². The van der Waals surface area contributed by atoms with Crippen molar-refractivity contribution in [1.29, 1.82) is 0 Å². The van der Waals surface area contributed by atoms with Gasteiger partial charge in [-0.3, -0.25) is 14.5 Å². The third kappa shape index (κ3) is 3.52. The minimum Gasteiger partial charge on any atom is -0.480 e. The van der Waals surface area contributed by atoms with Crippen LogP contribution in [-0.4, -0.2) is 45.8 Å². The fourth-order valence-electron chi connectivity index (χ4n) is 5.33. The van der Waals surface area contributed by atoms with Gasteiger partial charge in [0.05, 0.1) is 12.6 Å². The predicted octanol–water partition coefficient (Wildman–Crippen LogP) is 4.41. The Morgan fingerprint density at radius 1 is 1.25 bits per heavy atom. The molecule has 0 aromatic heterocycles. The van der Waals surface area contributed by atoms with Gasteiger partial charge in [0.2, 0.25) is 5.91 Å². The maximum Gasteiger partial charge on any atom is 0.317 e. The first-order valence-electron chi connectivity index (χ1n) is 10.4. The van der Waals surface area contributed by atoms with Crippen molar-refractivity contribution >= 4 is 40.8 Å². The number of nitrogens with one attached hydrogen (secondary N) is 1. The van der Waals surface area contributed by atoms with Crippen molar-refractivity contribution in [1.82, 2.24) is 4.90 Å². The number of likely N-dealkylation sites (tertiary alicyclic amines) is 1. The van der Waals surface area contributed by atoms with Crippen LogP contribution in [0.5, 0.6) is 0 Å². The monoisotopic (exact) mass is 474 g/mol. The number of carboxylic acid groups (broad SMARTS) is 1. The Bertz CT molecular complexity index is 1110. The summed E-state index contributed by atoms with van der Waals surface area (Å²) < 4.78 is 0. The Hall–Kier alpha value is -2.38. The molecule has 4 rings (SSSR count). The minimum absolute atomic E-state index is 0.149. The average molecular weight is 475 g/mol. The van der Waals surface area contributed by atoms with Gasteiger partial charge >= 0.3 is 5.97 Å². The minimum atomic E-state index is -1.22. The number of amides is 1. The van der Waals surface area contributed by atoms with E-state index in [4.69, 9.17) is 23.2 Å². The van der Waals surface area contributed by atoms with Crippen molar-refractivity contribution in [3.8, 4) is 0 Å². The highest BCUT2D eigenvalue weighted by Gasteiger charge is 2.63. The topological polar surface area (TPSA) is 89.9 Å². The smallest absolute Gasteiger partial charge is 0.317 e. The van der Waals surface area contributed by atoms with Gasteiger partial charge in [-0.2, -0.15) is 0 Å². The Labute approximate surface area is 196 Å². The summed E-state index contributed by atoms with van der Waals surface area (Å²) in [6.07, 6.45) is -0.428. The number of rotatable bonds is 5. The number of halogens is 2. The van der Waals surface area contributed by atoms with Gasteiger partial charge in [-0.25, -0.2) is 0 Å². The van der Waals surface area contributed by atoms with Gasteiger partial charge in [0.15, 0.2) is 0 Å². The van der Waals surface area contributed by atoms with E-state index in [-0.39, 0.29) is 12.3 Å². The molecule has 2 heterocycles. The van der Waals surface area contributed by atoms with Crippen LogP contribution in [0.15, 0.2) is 54.6 Å². The summed E-state index contributed by atoms with van der Waals surface area (Å²) >= 11 is 12.5. The highest BCUT2D eigenvalue weighted by atomic mass is 35.5. The molecule has 6 nitrogen and oxygen atoms in total. The zero-order valence-corrected chi connectivity index (χ0v) is 19.0. The molecule has 2 aliphatic heterocycles. The normalized spacial score (nSPS) is 27.2. The third-order valence-electron chi connectivity index (χ3n) is 6.60. The van der Waals surface area contributed by atoms with E-state index in [0.717, 1.165) is 5.56 Å². The lowest BCUT2D eigenvalue weighted by Gasteiger charge is -2.54. The summed E-state index contributed by atoms with van der Waals surface area (Å²) in [5, 5.41) is 24.6. The number of carboxylic acids is 1. The molecule has 168 valence electrons. The summed E-state index contributed by atoms with van der Waals surface area (Å²) in [5.74, 6) is -1.84. The zero-order chi connectivity index (χ0) is 23.2. The Morgan fingerprint density at radius 2 is 1.97 bits per heavy atom. The number of aliphatic hydroxyl groups is 1. The number of anilines is 1. The quantitative estimate of drug-likeness (QED) is 0.558. The molecule has 2 aromatic carbocycles. The number of fused-ring (bicyclic) bond motifs is 2. The molecule has 32 heavy (non-hydrogen) atoms. The first kappa shape index (κ1) is 22.8. The summed E-state index contributed by atoms with van der Waals surface area (Å²) in [5.41, 5.74) is 1.52. The Morgan fingerprint density at radius 3 is 2.62 bits per heavy atom. The summed E-state index contributed by atoms with van der Waals surface area (Å²) in [6.45, 7) is 5.68. The molecule has 2 aromatic rings. The molecule has 8 heteroatoms. The molecule has 0 aliphatic carbocycles. The van der Waals surface area contributed by atoms with E-state index in [0.29, 0.717) is 33.3 Å². The molecule has 0 radical (unpaired) electrons. The van der Waals surface area contributed by atoms with Gasteiger partial charge in [-0.05, 0) is 48.2 Å². The van der Waals surface area contributed by atoms with Crippen LogP contribution in [0.25, 0.3) is 0 Å². The van der Waals surface area contributed by atoms with Gasteiger partial charge in [0.25, 0.3) is 0 Å². The maximum absolute atomic E-state index is 13.9. The molecular formula is C24H24Cl2N2O4. The van der Waals surface area contributed by atoms with Crippen molar-refractivity contribution < 1.29 is 19.8 Å². The molecule has 1 saturated heterocycles. The van der Waals surface area contributed by atoms with Gasteiger partial charge in [-0.15, -0.1) is 0 Å². The van der Waals surface area contributed by atoms with Crippen LogP contribution >= 0.6 is 23.2 Å². The van der Waals surface area contributed by atoms with E-state index >= 15 is 0 Å². The van der Waals surface area contributed by atoms with Crippen LogP contribution < -0.4 is 5.32 Å². The Balaban J connectivity index is 2.03. The van der Waals surface area contributed by atoms with Crippen LogP contribution in [0, 0.1) is 0 Å². The van der Waals surface area contributed by atoms with Crippen molar-refractivity contribution in [2.75, 3.05) is 11.9 Å². The Kier molecular flexibility index (Phi) is 6.07. The number of carbonyl (C=O) groups is 2. The molecule has 0 saturated carbocycles. The number of aliphatic hydroxyl groups excluding tert-OH is 1. The van der Waals surface area contributed by atoms with E-state index in [1.54, 1.807) is 36.4 Å². The molecule has 4 atom stereocenters. The van der Waals surface area contributed by atoms with E-state index in [1.165, 1.54) is 4.90 Å². The second kappa shape index (κ2) is 8.52. The third-order valence-corrected chi connectivity index (χ3v) is 7.07. The zero-order valence-electron chi connectivity index (χ0n) is 17.5. The summed E-state index contributed by atoms with van der Waals surface area (Å²) in [4.78, 5) is 27.1. The number of benzene rings is 2. The number of nitrogens with zero attached hydrogens (tertiary/aromatic N) is 1. The van der Waals surface area contributed by atoms with E-state index < -0.39 is 36.1 Å². The van der Waals surface area contributed by atoms with Crippen molar-refractivity contribution in [3.05, 3.63) is 75.8 Å². The summed E-state index contributed by atoms with van der Waals surface area (Å²) in [7, 11) is 0. The fraction of sp³-hybridized carbons (Fsp3) is 0.333. The van der Waals surface area contributed by atoms with Crippen LogP contribution in [-0.2, 0) is 15.0 Å². The van der Waals surface area contributed by atoms with Gasteiger partial charge in [0.1, 0.15) is 11.6 Å². The standard InChI is InChI=1S/C24H24Cl2N2O4/c1-3-13(2)22-24(17-8-7-16(26)10-19(17)27-23(24)32)18(14-5-4-6-15(25)9-14)11-20(29)28(22)12-21(30)31/h4-10,18,20,22,29H,2-3,11-12H2,1H3,(H,27,32)(H,30,31)/t18-,20?,22+,24-/m0/s1. The van der Waals surface area contributed by atoms with Crippen molar-refractivity contribution in [3.63, 3.8) is 0 Å². The molecule has 1 fully saturated rings. The first-order valence-corrected chi connectivity index (χ1v) is 11.2. The van der Waals surface area contributed by atoms with Crippen molar-refractivity contribution in [2.24, 2.45) is 0 Å². The van der Waals surface area contributed by atoms with Crippen LogP contribution in [0.2, 0.25) is 10.0 Å². The molecule has 0 bridgehead atoms. The highest BCUT2D eigenvalue weighted by molar-refractivity contribution is 6.31. The lowest BCUT2D eigenvalue weighted by atomic mass is 9.58. The molecule has 1 amide bonds. The molecule has 2 aliphatic rings. The molecule has 1 spiro atoms. The lowest BCUT2D eigenvalue weighted by Crippen LogP contribution is -2.65. The van der Waals surface area contributed by atoms with E-state index in [9.17, 15) is 19.8 Å². The second-order valence-electron chi connectivity index (χ2n) is 8.32. The molecular weight excluding hydrogens is 451 g/mol. The van der Waals surface area contributed by atoms with Crippen LogP contribution in [0.3, 0.4) is 0 Å². The maximum atomic E-state index is 13.9. The summed E-state index contributed by atoms with van der Waals surface area (Å²) in [6, 6.07) is 11.7. The van der Waals surface area contributed by atoms with Gasteiger partial charge in [-0.1, -0.05) is 60.5 Å². The van der Waals surface area contributed by atoms with Crippen LogP contribution in [0.1, 0.15) is 36.8 Å². The number of aliphatic carboxylic acids is 1. The largest absolute Gasteiger partial charge is 0.480 e. The highest BCUT2D eigenvalue weighted by Crippen LogP contribution is 2.57. The lowest BCUT2D eigenvalue weighted by molar-refractivity contribution is -0.152. The van der Waals surface area contributed by atoms with Gasteiger partial charge in [0, 0.05) is 21.7 Å². The first-order chi connectivity index (χ1) is 15.2. The van der Waals surface area contributed by atoms with Crippen LogP contribution in [0.4, 0.5) is 5.69 Å². The fourth-order valence-corrected chi connectivity index (χ4v) is 5.70. The molecule has 1 unspecified atom stereocenters. The SMILES string of the molecule is C=C(CC)[C@H]1N(CC(=O)O)C(O)C[C@@H](c2cccc(Cl)c2)[C@]12C(=O)Nc1cc(Cl)ccc12. The van der Waals surface area contributed by atoms with Crippen molar-refractivity contribution in [2.45, 2.75) is 43.4 Å². The number of hydrogen-bond acceptors (Lipinski definition) is 4. The second-order valence-corrected chi connectivity index (χ2v) is 9.19. The predicted molar refractivity (Wildman–Crippen MR) is 124 cm³/mol. The molecule has 3 N–H and O–H groups in total.